The summed E-state index contributed by atoms with van der Waals surface area (Å²) >= 11 is 0. The zero-order valence-electron chi connectivity index (χ0n) is 20.9. The Hall–Kier alpha value is -2.24. The Balaban J connectivity index is 3.25. The first-order valence-electron chi connectivity index (χ1n) is 12.8. The van der Waals surface area contributed by atoms with Crippen molar-refractivity contribution in [3.63, 3.8) is 0 Å². The Morgan fingerprint density at radius 3 is 1.39 bits per heavy atom. The minimum Gasteiger partial charge on any atom is -0.477 e. The minimum absolute atomic E-state index is 0.0837. The van der Waals surface area contributed by atoms with Crippen LogP contribution in [-0.4, -0.2) is 32.9 Å². The first kappa shape index (κ1) is 28.8. The molecule has 0 aromatic carbocycles. The summed E-state index contributed by atoms with van der Waals surface area (Å²) in [5.41, 5.74) is 2.20. The molecule has 33 heavy (non-hydrogen) atoms. The zero-order chi connectivity index (χ0) is 24.6. The average molecular weight is 462 g/mol. The predicted molar refractivity (Wildman–Crippen MR) is 131 cm³/mol. The highest BCUT2D eigenvalue weighted by Gasteiger charge is 2.25. The van der Waals surface area contributed by atoms with E-state index < -0.39 is 11.9 Å². The highest BCUT2D eigenvalue weighted by Crippen LogP contribution is 2.28. The van der Waals surface area contributed by atoms with E-state index in [0.717, 1.165) is 93.7 Å². The van der Waals surface area contributed by atoms with Crippen molar-refractivity contribution in [3.05, 3.63) is 28.1 Å². The van der Waals surface area contributed by atoms with Crippen LogP contribution in [0.1, 0.15) is 142 Å². The Morgan fingerprint density at radius 1 is 0.606 bits per heavy atom. The SMILES string of the molecule is CCCCCCc1c(C(=O)O)nc(C(=O)O)c(CCCCCCC(C)=O)c1CCCCCC. The lowest BCUT2D eigenvalue weighted by molar-refractivity contribution is -0.117. The summed E-state index contributed by atoms with van der Waals surface area (Å²) < 4.78 is 0. The molecule has 0 bridgehead atoms. The van der Waals surface area contributed by atoms with E-state index in [1.807, 2.05) is 0 Å². The number of Topliss-reactive ketones (excluding diaryl/α,β-unsaturated/α-hetero) is 1. The maximum absolute atomic E-state index is 12.1. The fraction of sp³-hybridized carbons (Fsp3) is 0.704. The van der Waals surface area contributed by atoms with Gasteiger partial charge < -0.3 is 15.0 Å². The summed E-state index contributed by atoms with van der Waals surface area (Å²) in [7, 11) is 0. The highest BCUT2D eigenvalue weighted by atomic mass is 16.4. The summed E-state index contributed by atoms with van der Waals surface area (Å²) in [4.78, 5) is 39.4. The van der Waals surface area contributed by atoms with E-state index in [-0.39, 0.29) is 17.2 Å². The number of carbonyl (C=O) groups is 3. The minimum atomic E-state index is -1.16. The van der Waals surface area contributed by atoms with E-state index in [9.17, 15) is 24.6 Å². The number of nitrogens with zero attached hydrogens (tertiary/aromatic N) is 1. The van der Waals surface area contributed by atoms with E-state index in [2.05, 4.69) is 18.8 Å². The maximum atomic E-state index is 12.1. The molecule has 0 aliphatic carbocycles. The van der Waals surface area contributed by atoms with Gasteiger partial charge in [0.05, 0.1) is 0 Å². The topological polar surface area (TPSA) is 105 Å². The zero-order valence-corrected chi connectivity index (χ0v) is 20.9. The van der Waals surface area contributed by atoms with Crippen molar-refractivity contribution in [2.24, 2.45) is 0 Å². The third-order valence-electron chi connectivity index (χ3n) is 6.20. The third kappa shape index (κ3) is 10.5. The smallest absolute Gasteiger partial charge is 0.354 e. The lowest BCUT2D eigenvalue weighted by Crippen LogP contribution is -2.18. The second kappa shape index (κ2) is 16.4. The molecule has 0 saturated heterocycles. The van der Waals surface area contributed by atoms with Gasteiger partial charge in [0.25, 0.3) is 0 Å². The number of aromatic nitrogens is 1. The molecule has 2 N–H and O–H groups in total. The van der Waals surface area contributed by atoms with E-state index >= 15 is 0 Å². The molecule has 1 aromatic rings. The van der Waals surface area contributed by atoms with Crippen molar-refractivity contribution in [1.29, 1.82) is 0 Å². The molecule has 0 unspecified atom stereocenters. The molecule has 0 fully saturated rings. The second-order valence-corrected chi connectivity index (χ2v) is 9.09. The molecule has 1 rings (SSSR count). The molecule has 0 aliphatic rings. The number of hydrogen-bond acceptors (Lipinski definition) is 4. The second-order valence-electron chi connectivity index (χ2n) is 9.09. The fourth-order valence-corrected chi connectivity index (χ4v) is 4.40. The van der Waals surface area contributed by atoms with Gasteiger partial charge in [0.15, 0.2) is 11.4 Å². The van der Waals surface area contributed by atoms with Crippen LogP contribution in [0.15, 0.2) is 0 Å². The predicted octanol–water partition coefficient (Wildman–Crippen LogP) is 6.81. The molecule has 6 heteroatoms. The molecule has 0 atom stereocenters. The Bertz CT molecular complexity index is 772. The maximum Gasteiger partial charge on any atom is 0.354 e. The largest absolute Gasteiger partial charge is 0.477 e. The van der Waals surface area contributed by atoms with Crippen molar-refractivity contribution in [1.82, 2.24) is 4.98 Å². The summed E-state index contributed by atoms with van der Waals surface area (Å²) in [6, 6.07) is 0. The number of pyridine rings is 1. The lowest BCUT2D eigenvalue weighted by atomic mass is 9.88. The first-order valence-corrected chi connectivity index (χ1v) is 12.8. The van der Waals surface area contributed by atoms with Crippen molar-refractivity contribution < 1.29 is 24.6 Å². The number of unbranched alkanes of at least 4 members (excludes halogenated alkanes) is 9. The molecule has 1 heterocycles. The van der Waals surface area contributed by atoms with Crippen LogP contribution in [0.3, 0.4) is 0 Å². The van der Waals surface area contributed by atoms with Gasteiger partial charge in [0, 0.05) is 6.42 Å². The summed E-state index contributed by atoms with van der Waals surface area (Å²) in [6.07, 6.45) is 14.3. The van der Waals surface area contributed by atoms with Crippen LogP contribution in [0, 0.1) is 0 Å². The molecule has 1 aromatic heterocycles. The number of carboxylic acids is 2. The molecule has 0 radical (unpaired) electrons. The van der Waals surface area contributed by atoms with Gasteiger partial charge in [0.2, 0.25) is 0 Å². The van der Waals surface area contributed by atoms with Gasteiger partial charge in [0.1, 0.15) is 5.78 Å². The van der Waals surface area contributed by atoms with E-state index in [0.29, 0.717) is 25.7 Å². The fourth-order valence-electron chi connectivity index (χ4n) is 4.40. The Kier molecular flexibility index (Phi) is 14.3. The normalized spacial score (nSPS) is 11.0. The number of ketones is 1. The number of hydrogen-bond donors (Lipinski definition) is 2. The van der Waals surface area contributed by atoms with E-state index in [1.54, 1.807) is 6.92 Å². The number of carbonyl (C=O) groups excluding carboxylic acids is 1. The van der Waals surface area contributed by atoms with Gasteiger partial charge in [-0.3, -0.25) is 0 Å². The van der Waals surface area contributed by atoms with Gasteiger partial charge in [-0.2, -0.15) is 0 Å². The first-order chi connectivity index (χ1) is 15.8. The van der Waals surface area contributed by atoms with Gasteiger partial charge in [-0.15, -0.1) is 0 Å². The quantitative estimate of drug-likeness (QED) is 0.219. The van der Waals surface area contributed by atoms with Crippen LogP contribution >= 0.6 is 0 Å². The Labute approximate surface area is 199 Å². The average Bonchev–Trinajstić information content (AvgIpc) is 2.76. The number of rotatable bonds is 19. The van der Waals surface area contributed by atoms with Gasteiger partial charge >= 0.3 is 11.9 Å². The van der Waals surface area contributed by atoms with Crippen molar-refractivity contribution >= 4 is 17.7 Å². The van der Waals surface area contributed by atoms with Crippen molar-refractivity contribution in [2.45, 2.75) is 124 Å². The van der Waals surface area contributed by atoms with Crippen LogP contribution in [0.4, 0.5) is 0 Å². The van der Waals surface area contributed by atoms with Crippen LogP contribution in [0.5, 0.6) is 0 Å². The van der Waals surface area contributed by atoms with Crippen LogP contribution in [0.25, 0.3) is 0 Å². The molecule has 6 nitrogen and oxygen atoms in total. The molecular weight excluding hydrogens is 418 g/mol. The third-order valence-corrected chi connectivity index (χ3v) is 6.20. The summed E-state index contributed by atoms with van der Waals surface area (Å²) in [5, 5.41) is 19.7. The number of aromatic carboxylic acids is 2. The van der Waals surface area contributed by atoms with Crippen LogP contribution in [0.2, 0.25) is 0 Å². The molecule has 0 amide bonds. The lowest BCUT2D eigenvalue weighted by Gasteiger charge is -2.19. The Morgan fingerprint density at radius 2 is 1.00 bits per heavy atom. The van der Waals surface area contributed by atoms with Crippen LogP contribution < -0.4 is 0 Å². The standard InChI is InChI=1S/C27H43NO5/c1-4-6-8-13-17-21-22(18-14-9-7-5-2)24(26(30)31)28-25(27(32)33)23(21)19-15-11-10-12-16-20(3)29/h4-19H2,1-3H3,(H,30,31)(H,32,33). The van der Waals surface area contributed by atoms with Crippen LogP contribution in [-0.2, 0) is 24.1 Å². The monoisotopic (exact) mass is 461 g/mol. The molecule has 186 valence electrons. The molecular formula is C27H43NO5. The van der Waals surface area contributed by atoms with Gasteiger partial charge in [-0.05, 0) is 68.6 Å². The van der Waals surface area contributed by atoms with Gasteiger partial charge in [-0.25, -0.2) is 14.6 Å². The molecule has 0 saturated carbocycles. The summed E-state index contributed by atoms with van der Waals surface area (Å²) in [5.74, 6) is -2.11. The number of carboxylic acid groups (broad SMARTS) is 2. The molecule has 0 aliphatic heterocycles. The molecule has 0 spiro atoms. The van der Waals surface area contributed by atoms with E-state index in [1.165, 1.54) is 0 Å². The highest BCUT2D eigenvalue weighted by molar-refractivity contribution is 5.93. The van der Waals surface area contributed by atoms with Crippen molar-refractivity contribution in [2.75, 3.05) is 0 Å². The van der Waals surface area contributed by atoms with E-state index in [4.69, 9.17) is 0 Å². The van der Waals surface area contributed by atoms with Crippen molar-refractivity contribution in [3.8, 4) is 0 Å². The summed E-state index contributed by atoms with van der Waals surface area (Å²) in [6.45, 7) is 5.88. The van der Waals surface area contributed by atoms with Gasteiger partial charge in [-0.1, -0.05) is 65.2 Å².